The molecule has 1 aromatic heterocycles. The molecular weight excluding hydrogens is 261 g/mol. The summed E-state index contributed by atoms with van der Waals surface area (Å²) in [5.74, 6) is -1.63. The average molecular weight is 273 g/mol. The lowest BCUT2D eigenvalue weighted by atomic mass is 9.74. The van der Waals surface area contributed by atoms with Gasteiger partial charge in [0, 0.05) is 11.8 Å². The molecule has 1 aliphatic rings. The van der Waals surface area contributed by atoms with E-state index in [9.17, 15) is 14.0 Å². The molecule has 0 atom stereocenters. The van der Waals surface area contributed by atoms with Crippen LogP contribution in [0.25, 0.3) is 11.3 Å². The van der Waals surface area contributed by atoms with Crippen LogP contribution in [0.1, 0.15) is 29.9 Å². The molecule has 2 aromatic rings. The van der Waals surface area contributed by atoms with Gasteiger partial charge in [0.25, 0.3) is 0 Å². The fourth-order valence-corrected chi connectivity index (χ4v) is 2.43. The molecule has 1 aromatic carbocycles. The lowest BCUT2D eigenvalue weighted by molar-refractivity contribution is -0.123. The van der Waals surface area contributed by atoms with E-state index in [-0.39, 0.29) is 16.9 Å². The first-order valence-electron chi connectivity index (χ1n) is 6.24. The van der Waals surface area contributed by atoms with Crippen LogP contribution in [0.2, 0.25) is 0 Å². The standard InChI is InChI=1S/C15H12FNO3/c1-15(2)7-10-11(12(18)14(15)19)13(20-17-10)8-5-3-4-6-9(8)16/h3-6H,7H2,1-2H3. The SMILES string of the molecule is CC1(C)Cc2noc(-c3ccccc3F)c2C(=O)C1=O. The Balaban J connectivity index is 2.21. The van der Waals surface area contributed by atoms with Crippen molar-refractivity contribution >= 4 is 11.6 Å². The van der Waals surface area contributed by atoms with Crippen LogP contribution in [0.3, 0.4) is 0 Å². The highest BCUT2D eigenvalue weighted by molar-refractivity contribution is 6.47. The number of Topliss-reactive ketones (excluding diaryl/α,β-unsaturated/α-hetero) is 2. The van der Waals surface area contributed by atoms with E-state index in [1.165, 1.54) is 18.2 Å². The predicted molar refractivity (Wildman–Crippen MR) is 68.7 cm³/mol. The van der Waals surface area contributed by atoms with E-state index < -0.39 is 22.8 Å². The number of nitrogens with zero attached hydrogens (tertiary/aromatic N) is 1. The summed E-state index contributed by atoms with van der Waals surface area (Å²) >= 11 is 0. The maximum absolute atomic E-state index is 13.8. The quantitative estimate of drug-likeness (QED) is 0.749. The van der Waals surface area contributed by atoms with Gasteiger partial charge in [-0.15, -0.1) is 0 Å². The van der Waals surface area contributed by atoms with Gasteiger partial charge in [0.1, 0.15) is 5.82 Å². The number of rotatable bonds is 1. The van der Waals surface area contributed by atoms with Gasteiger partial charge < -0.3 is 4.52 Å². The fraction of sp³-hybridized carbons (Fsp3) is 0.267. The minimum Gasteiger partial charge on any atom is -0.355 e. The lowest BCUT2D eigenvalue weighted by Gasteiger charge is -2.25. The number of hydrogen-bond acceptors (Lipinski definition) is 4. The largest absolute Gasteiger partial charge is 0.355 e. The maximum Gasteiger partial charge on any atom is 0.235 e. The number of carbonyl (C=O) groups is 2. The third kappa shape index (κ3) is 1.70. The number of aromatic nitrogens is 1. The molecule has 1 heterocycles. The Hall–Kier alpha value is -2.30. The highest BCUT2D eigenvalue weighted by Gasteiger charge is 2.44. The van der Waals surface area contributed by atoms with Gasteiger partial charge in [-0.2, -0.15) is 0 Å². The normalized spacial score (nSPS) is 17.1. The number of carbonyl (C=O) groups excluding carboxylic acids is 2. The zero-order chi connectivity index (χ0) is 14.5. The first-order valence-corrected chi connectivity index (χ1v) is 6.24. The summed E-state index contributed by atoms with van der Waals surface area (Å²) in [6.07, 6.45) is 0.310. The number of fused-ring (bicyclic) bond motifs is 1. The van der Waals surface area contributed by atoms with Crippen LogP contribution >= 0.6 is 0 Å². The van der Waals surface area contributed by atoms with Crippen LogP contribution in [0.5, 0.6) is 0 Å². The Kier molecular flexibility index (Phi) is 2.61. The van der Waals surface area contributed by atoms with Crippen LogP contribution in [0.15, 0.2) is 28.8 Å². The van der Waals surface area contributed by atoms with Gasteiger partial charge in [0.15, 0.2) is 5.76 Å². The van der Waals surface area contributed by atoms with Crippen molar-refractivity contribution in [2.24, 2.45) is 5.41 Å². The molecule has 0 saturated carbocycles. The number of benzene rings is 1. The summed E-state index contributed by atoms with van der Waals surface area (Å²) in [7, 11) is 0. The topological polar surface area (TPSA) is 60.2 Å². The molecule has 0 amide bonds. The van der Waals surface area contributed by atoms with E-state index in [1.807, 2.05) is 0 Å². The monoisotopic (exact) mass is 273 g/mol. The van der Waals surface area contributed by atoms with Crippen molar-refractivity contribution in [1.82, 2.24) is 5.16 Å². The predicted octanol–water partition coefficient (Wildman–Crippen LogP) is 2.81. The number of ketones is 2. The van der Waals surface area contributed by atoms with Crippen molar-refractivity contribution in [2.75, 3.05) is 0 Å². The zero-order valence-electron chi connectivity index (χ0n) is 11.1. The van der Waals surface area contributed by atoms with Gasteiger partial charge in [-0.3, -0.25) is 9.59 Å². The van der Waals surface area contributed by atoms with E-state index in [0.717, 1.165) is 0 Å². The molecule has 0 saturated heterocycles. The van der Waals surface area contributed by atoms with Crippen molar-refractivity contribution in [2.45, 2.75) is 20.3 Å². The van der Waals surface area contributed by atoms with Crippen LogP contribution in [-0.2, 0) is 11.2 Å². The second kappa shape index (κ2) is 4.10. The first-order chi connectivity index (χ1) is 9.42. The molecule has 3 rings (SSSR count). The van der Waals surface area contributed by atoms with E-state index in [1.54, 1.807) is 19.9 Å². The molecule has 1 aliphatic carbocycles. The first kappa shape index (κ1) is 12.7. The summed E-state index contributed by atoms with van der Waals surface area (Å²) in [6, 6.07) is 5.93. The van der Waals surface area contributed by atoms with Crippen LogP contribution in [0, 0.1) is 11.2 Å². The van der Waals surface area contributed by atoms with Crippen LogP contribution < -0.4 is 0 Å². The van der Waals surface area contributed by atoms with Crippen LogP contribution in [-0.4, -0.2) is 16.7 Å². The third-order valence-corrected chi connectivity index (χ3v) is 3.54. The third-order valence-electron chi connectivity index (χ3n) is 3.54. The Bertz CT molecular complexity index is 730. The second-order valence-corrected chi connectivity index (χ2v) is 5.53. The summed E-state index contributed by atoms with van der Waals surface area (Å²) in [5, 5.41) is 3.84. The van der Waals surface area contributed by atoms with Crippen LogP contribution in [0.4, 0.5) is 4.39 Å². The highest BCUT2D eigenvalue weighted by Crippen LogP contribution is 2.37. The fourth-order valence-electron chi connectivity index (χ4n) is 2.43. The van der Waals surface area contributed by atoms with E-state index in [0.29, 0.717) is 12.1 Å². The average Bonchev–Trinajstić information content (AvgIpc) is 2.79. The summed E-state index contributed by atoms with van der Waals surface area (Å²) in [5.41, 5.74) is -0.146. The minimum atomic E-state index is -0.798. The molecule has 0 fully saturated rings. The van der Waals surface area contributed by atoms with Crippen molar-refractivity contribution < 1.29 is 18.5 Å². The summed E-state index contributed by atoms with van der Waals surface area (Å²) in [4.78, 5) is 24.3. The smallest absolute Gasteiger partial charge is 0.235 e. The van der Waals surface area contributed by atoms with E-state index >= 15 is 0 Å². The van der Waals surface area contributed by atoms with E-state index in [2.05, 4.69) is 5.16 Å². The van der Waals surface area contributed by atoms with E-state index in [4.69, 9.17) is 4.52 Å². The van der Waals surface area contributed by atoms with Gasteiger partial charge in [-0.1, -0.05) is 31.1 Å². The minimum absolute atomic E-state index is 0.0342. The maximum atomic E-state index is 13.8. The van der Waals surface area contributed by atoms with Gasteiger partial charge in [-0.05, 0) is 12.1 Å². The molecule has 4 nitrogen and oxygen atoms in total. The number of hydrogen-bond donors (Lipinski definition) is 0. The summed E-state index contributed by atoms with van der Waals surface area (Å²) < 4.78 is 18.9. The van der Waals surface area contributed by atoms with Crippen molar-refractivity contribution in [3.8, 4) is 11.3 Å². The zero-order valence-corrected chi connectivity index (χ0v) is 11.1. The summed E-state index contributed by atoms with van der Waals surface area (Å²) in [6.45, 7) is 3.38. The van der Waals surface area contributed by atoms with Gasteiger partial charge >= 0.3 is 0 Å². The lowest BCUT2D eigenvalue weighted by Crippen LogP contribution is -2.38. The molecule has 5 heteroatoms. The Morgan fingerprint density at radius 3 is 2.65 bits per heavy atom. The molecule has 0 bridgehead atoms. The highest BCUT2D eigenvalue weighted by atomic mass is 19.1. The molecule has 0 aliphatic heterocycles. The molecular formula is C15H12FNO3. The molecule has 0 N–H and O–H groups in total. The Morgan fingerprint density at radius 1 is 1.25 bits per heavy atom. The molecule has 0 spiro atoms. The molecule has 20 heavy (non-hydrogen) atoms. The van der Waals surface area contributed by atoms with Crippen molar-refractivity contribution in [3.05, 3.63) is 41.3 Å². The molecule has 0 radical (unpaired) electrons. The second-order valence-electron chi connectivity index (χ2n) is 5.53. The van der Waals surface area contributed by atoms with Crippen molar-refractivity contribution in [1.29, 1.82) is 0 Å². The molecule has 0 unspecified atom stereocenters. The number of halogens is 1. The van der Waals surface area contributed by atoms with Gasteiger partial charge in [-0.25, -0.2) is 4.39 Å². The van der Waals surface area contributed by atoms with Gasteiger partial charge in [0.05, 0.1) is 16.8 Å². The molecule has 102 valence electrons. The Morgan fingerprint density at radius 2 is 1.95 bits per heavy atom. The Labute approximate surface area is 114 Å². The van der Waals surface area contributed by atoms with Gasteiger partial charge in [0.2, 0.25) is 11.6 Å². The van der Waals surface area contributed by atoms with Crippen molar-refractivity contribution in [3.63, 3.8) is 0 Å².